The number of aliphatic imine (C=N–C) groups is 1. The lowest BCUT2D eigenvalue weighted by molar-refractivity contribution is 0.439. The third-order valence-corrected chi connectivity index (χ3v) is 5.20. The molecule has 1 N–H and O–H groups in total. The fourth-order valence-electron chi connectivity index (χ4n) is 3.66. The molecule has 2 aromatic rings. The van der Waals surface area contributed by atoms with Gasteiger partial charge in [0.05, 0.1) is 0 Å². The molecule has 0 bridgehead atoms. The second-order valence-corrected chi connectivity index (χ2v) is 6.84. The first-order chi connectivity index (χ1) is 12.3. The molecule has 1 fully saturated rings. The molecule has 2 aromatic carbocycles. The van der Waals surface area contributed by atoms with Crippen LogP contribution in [0, 0.1) is 0 Å². The second-order valence-electron chi connectivity index (χ2n) is 6.84. The molecule has 0 aromatic heterocycles. The molecule has 1 saturated carbocycles. The maximum absolute atomic E-state index is 4.52. The van der Waals surface area contributed by atoms with Crippen molar-refractivity contribution < 1.29 is 0 Å². The van der Waals surface area contributed by atoms with E-state index in [9.17, 15) is 0 Å². The van der Waals surface area contributed by atoms with Crippen LogP contribution < -0.4 is 5.32 Å². The Kier molecular flexibility index (Phi) is 4.55. The second kappa shape index (κ2) is 7.14. The summed E-state index contributed by atoms with van der Waals surface area (Å²) in [6, 6.07) is 22.0. The van der Waals surface area contributed by atoms with Gasteiger partial charge in [-0.25, -0.2) is 0 Å². The zero-order chi connectivity index (χ0) is 17.1. The van der Waals surface area contributed by atoms with Crippen LogP contribution >= 0.6 is 0 Å². The molecule has 0 amide bonds. The van der Waals surface area contributed by atoms with Gasteiger partial charge in [0.1, 0.15) is 0 Å². The largest absolute Gasteiger partial charge is 0.353 e. The summed E-state index contributed by atoms with van der Waals surface area (Å²) < 4.78 is 0. The van der Waals surface area contributed by atoms with Crippen LogP contribution in [0.15, 0.2) is 71.7 Å². The number of guanidine groups is 1. The predicted molar refractivity (Wildman–Crippen MR) is 105 cm³/mol. The van der Waals surface area contributed by atoms with E-state index in [1.165, 1.54) is 23.1 Å². The third-order valence-electron chi connectivity index (χ3n) is 5.20. The maximum Gasteiger partial charge on any atom is 0.194 e. The van der Waals surface area contributed by atoms with Gasteiger partial charge >= 0.3 is 0 Å². The summed E-state index contributed by atoms with van der Waals surface area (Å²) in [4.78, 5) is 6.87. The molecule has 2 atom stereocenters. The van der Waals surface area contributed by atoms with Crippen LogP contribution in [0.3, 0.4) is 0 Å². The minimum atomic E-state index is 0.514. The van der Waals surface area contributed by atoms with E-state index in [4.69, 9.17) is 0 Å². The van der Waals surface area contributed by atoms with Gasteiger partial charge in [-0.05, 0) is 29.5 Å². The zero-order valence-electron chi connectivity index (χ0n) is 14.7. The van der Waals surface area contributed by atoms with Crippen molar-refractivity contribution >= 4 is 11.5 Å². The molecular weight excluding hydrogens is 306 g/mol. The van der Waals surface area contributed by atoms with Gasteiger partial charge in [0.25, 0.3) is 0 Å². The van der Waals surface area contributed by atoms with E-state index in [0.717, 1.165) is 25.5 Å². The molecule has 2 aliphatic rings. The molecule has 1 aliphatic heterocycles. The number of nitrogens with one attached hydrogen (secondary N) is 1. The van der Waals surface area contributed by atoms with Gasteiger partial charge in [0.2, 0.25) is 0 Å². The fraction of sp³-hybridized carbons (Fsp3) is 0.318. The lowest BCUT2D eigenvalue weighted by atomic mass is 10.00. The number of hydrogen-bond donors (Lipinski definition) is 1. The summed E-state index contributed by atoms with van der Waals surface area (Å²) in [6.07, 6.45) is 4.60. The molecule has 128 valence electrons. The first kappa shape index (κ1) is 15.9. The van der Waals surface area contributed by atoms with Gasteiger partial charge in [-0.15, -0.1) is 0 Å². The van der Waals surface area contributed by atoms with E-state index in [0.29, 0.717) is 12.0 Å². The third kappa shape index (κ3) is 3.60. The Labute approximate surface area is 150 Å². The van der Waals surface area contributed by atoms with Crippen LogP contribution in [0.1, 0.15) is 29.9 Å². The highest BCUT2D eigenvalue weighted by molar-refractivity contribution is 5.82. The van der Waals surface area contributed by atoms with Crippen molar-refractivity contribution in [2.24, 2.45) is 4.99 Å². The molecular formula is C22H25N3. The van der Waals surface area contributed by atoms with Crippen LogP contribution in [0.5, 0.6) is 0 Å². The standard InChI is InChI=1S/C22H25N3/c1-23-22(24-21-16-20(21)19-10-6-3-7-11-19)25-14-12-18(13-15-25)17-8-4-2-5-9-17/h2-12,20-21H,13-16H2,1H3,(H,23,24). The van der Waals surface area contributed by atoms with Gasteiger partial charge in [0.15, 0.2) is 5.96 Å². The van der Waals surface area contributed by atoms with Gasteiger partial charge in [-0.3, -0.25) is 4.99 Å². The van der Waals surface area contributed by atoms with Crippen molar-refractivity contribution in [3.05, 3.63) is 77.9 Å². The Hall–Kier alpha value is -2.55. The molecule has 4 rings (SSSR count). The number of nitrogens with zero attached hydrogens (tertiary/aromatic N) is 2. The number of benzene rings is 2. The van der Waals surface area contributed by atoms with Crippen LogP contribution in [0.25, 0.3) is 5.57 Å². The van der Waals surface area contributed by atoms with E-state index >= 15 is 0 Å². The molecule has 0 radical (unpaired) electrons. The van der Waals surface area contributed by atoms with Crippen molar-refractivity contribution in [2.75, 3.05) is 20.1 Å². The Morgan fingerprint density at radius 3 is 2.40 bits per heavy atom. The van der Waals surface area contributed by atoms with E-state index in [-0.39, 0.29) is 0 Å². The van der Waals surface area contributed by atoms with Crippen molar-refractivity contribution in [2.45, 2.75) is 24.8 Å². The van der Waals surface area contributed by atoms with E-state index in [1.807, 2.05) is 7.05 Å². The smallest absolute Gasteiger partial charge is 0.194 e. The van der Waals surface area contributed by atoms with Gasteiger partial charge < -0.3 is 10.2 Å². The fourth-order valence-corrected chi connectivity index (χ4v) is 3.66. The van der Waals surface area contributed by atoms with Crippen LogP contribution in [-0.4, -0.2) is 37.0 Å². The minimum Gasteiger partial charge on any atom is -0.353 e. The molecule has 1 aliphatic carbocycles. The molecule has 1 heterocycles. The Bertz CT molecular complexity index is 764. The summed E-state index contributed by atoms with van der Waals surface area (Å²) >= 11 is 0. The monoisotopic (exact) mass is 331 g/mol. The van der Waals surface area contributed by atoms with Crippen LogP contribution in [0.2, 0.25) is 0 Å². The topological polar surface area (TPSA) is 27.6 Å². The number of hydrogen-bond acceptors (Lipinski definition) is 1. The average molecular weight is 331 g/mol. The first-order valence-electron chi connectivity index (χ1n) is 9.13. The number of rotatable bonds is 3. The highest BCUT2D eigenvalue weighted by atomic mass is 15.3. The summed E-state index contributed by atoms with van der Waals surface area (Å²) in [6.45, 7) is 1.94. The highest BCUT2D eigenvalue weighted by Gasteiger charge is 2.39. The lowest BCUT2D eigenvalue weighted by Crippen LogP contribution is -2.44. The molecule has 25 heavy (non-hydrogen) atoms. The van der Waals surface area contributed by atoms with E-state index < -0.39 is 0 Å². The van der Waals surface area contributed by atoms with Gasteiger partial charge in [-0.1, -0.05) is 66.7 Å². The first-order valence-corrected chi connectivity index (χ1v) is 9.13. The molecule has 0 spiro atoms. The van der Waals surface area contributed by atoms with Gasteiger partial charge in [0, 0.05) is 32.1 Å². The van der Waals surface area contributed by atoms with Crippen LogP contribution in [-0.2, 0) is 0 Å². The highest BCUT2D eigenvalue weighted by Crippen LogP contribution is 2.40. The summed E-state index contributed by atoms with van der Waals surface area (Å²) in [5, 5.41) is 3.66. The summed E-state index contributed by atoms with van der Waals surface area (Å²) in [5.74, 6) is 1.66. The zero-order valence-corrected chi connectivity index (χ0v) is 14.7. The van der Waals surface area contributed by atoms with Crippen molar-refractivity contribution in [1.29, 1.82) is 0 Å². The van der Waals surface area contributed by atoms with E-state index in [2.05, 4.69) is 81.9 Å². The SMILES string of the molecule is CN=C(NC1CC1c1ccccc1)N1CC=C(c2ccccc2)CC1. The Morgan fingerprint density at radius 1 is 1.04 bits per heavy atom. The normalized spacial score (nSPS) is 23.2. The summed E-state index contributed by atoms with van der Waals surface area (Å²) in [5.41, 5.74) is 4.22. The maximum atomic E-state index is 4.52. The average Bonchev–Trinajstić information content (AvgIpc) is 3.47. The van der Waals surface area contributed by atoms with E-state index in [1.54, 1.807) is 0 Å². The molecule has 3 nitrogen and oxygen atoms in total. The van der Waals surface area contributed by atoms with Crippen molar-refractivity contribution in [1.82, 2.24) is 10.2 Å². The molecule has 2 unspecified atom stereocenters. The molecule has 0 saturated heterocycles. The van der Waals surface area contributed by atoms with Crippen molar-refractivity contribution in [3.8, 4) is 0 Å². The lowest BCUT2D eigenvalue weighted by Gasteiger charge is -2.30. The predicted octanol–water partition coefficient (Wildman–Crippen LogP) is 3.91. The Morgan fingerprint density at radius 2 is 1.76 bits per heavy atom. The minimum absolute atomic E-state index is 0.514. The van der Waals surface area contributed by atoms with Crippen LogP contribution in [0.4, 0.5) is 0 Å². The quantitative estimate of drug-likeness (QED) is 0.682. The van der Waals surface area contributed by atoms with Crippen molar-refractivity contribution in [3.63, 3.8) is 0 Å². The molecule has 3 heteroatoms. The summed E-state index contributed by atoms with van der Waals surface area (Å²) in [7, 11) is 1.89. The van der Waals surface area contributed by atoms with Gasteiger partial charge in [-0.2, -0.15) is 0 Å². The Balaban J connectivity index is 1.36.